The third-order valence-corrected chi connectivity index (χ3v) is 5.08. The van der Waals surface area contributed by atoms with E-state index in [-0.39, 0.29) is 0 Å². The third-order valence-electron chi connectivity index (χ3n) is 5.08. The van der Waals surface area contributed by atoms with E-state index in [1.807, 2.05) is 7.05 Å². The second-order valence-corrected chi connectivity index (χ2v) is 7.38. The van der Waals surface area contributed by atoms with E-state index in [2.05, 4.69) is 27.2 Å². The molecule has 0 spiro atoms. The van der Waals surface area contributed by atoms with Crippen LogP contribution >= 0.6 is 0 Å². The Morgan fingerprint density at radius 1 is 1.17 bits per heavy atom. The van der Waals surface area contributed by atoms with E-state index in [1.54, 1.807) is 0 Å². The molecule has 1 aliphatic carbocycles. The first-order valence-corrected chi connectivity index (χ1v) is 10.0. The van der Waals surface area contributed by atoms with Gasteiger partial charge in [0.25, 0.3) is 0 Å². The van der Waals surface area contributed by atoms with Gasteiger partial charge < -0.3 is 19.9 Å². The summed E-state index contributed by atoms with van der Waals surface area (Å²) < 4.78 is 5.71. The molecule has 0 atom stereocenters. The number of guanidine groups is 1. The minimum Gasteiger partial charge on any atom is -0.379 e. The topological polar surface area (TPSA) is 40.1 Å². The van der Waals surface area contributed by atoms with Crippen molar-refractivity contribution in [3.63, 3.8) is 0 Å². The maximum absolute atomic E-state index is 5.71. The third kappa shape index (κ3) is 8.34. The molecule has 2 aliphatic rings. The predicted molar refractivity (Wildman–Crippen MR) is 102 cm³/mol. The summed E-state index contributed by atoms with van der Waals surface area (Å²) in [6.45, 7) is 7.58. The van der Waals surface area contributed by atoms with Crippen LogP contribution in [0.3, 0.4) is 0 Å². The Bertz CT molecular complexity index is 351. The summed E-state index contributed by atoms with van der Waals surface area (Å²) in [5.41, 5.74) is 0. The minimum absolute atomic E-state index is 0.795. The average Bonchev–Trinajstić information content (AvgIpc) is 3.43. The summed E-state index contributed by atoms with van der Waals surface area (Å²) >= 11 is 0. The van der Waals surface area contributed by atoms with Crippen molar-refractivity contribution in [2.75, 3.05) is 60.0 Å². The highest BCUT2D eigenvalue weighted by Crippen LogP contribution is 2.28. The van der Waals surface area contributed by atoms with E-state index in [0.29, 0.717) is 0 Å². The standard InChI is InChI=1S/C19H38N4O/c1-20-19(22(2)15-16-24-17-18-9-10-18)21-11-5-3-6-12-23-13-7-4-8-14-23/h18H,3-17H2,1-2H3,(H,20,21). The van der Waals surface area contributed by atoms with E-state index < -0.39 is 0 Å². The first-order chi connectivity index (χ1) is 11.8. The maximum atomic E-state index is 5.71. The van der Waals surface area contributed by atoms with Gasteiger partial charge in [0.1, 0.15) is 0 Å². The van der Waals surface area contributed by atoms with Gasteiger partial charge in [0.05, 0.1) is 6.61 Å². The van der Waals surface area contributed by atoms with E-state index in [0.717, 1.165) is 38.2 Å². The number of hydrogen-bond donors (Lipinski definition) is 1. The summed E-state index contributed by atoms with van der Waals surface area (Å²) in [6, 6.07) is 0. The van der Waals surface area contributed by atoms with Gasteiger partial charge in [-0.2, -0.15) is 0 Å². The molecule has 1 saturated heterocycles. The lowest BCUT2D eigenvalue weighted by atomic mass is 10.1. The fourth-order valence-electron chi connectivity index (χ4n) is 3.25. The molecule has 140 valence electrons. The first-order valence-electron chi connectivity index (χ1n) is 10.0. The highest BCUT2D eigenvalue weighted by Gasteiger charge is 2.21. The molecule has 24 heavy (non-hydrogen) atoms. The number of nitrogens with zero attached hydrogens (tertiary/aromatic N) is 3. The van der Waals surface area contributed by atoms with E-state index in [9.17, 15) is 0 Å². The predicted octanol–water partition coefficient (Wildman–Crippen LogP) is 2.58. The van der Waals surface area contributed by atoms with E-state index in [1.165, 1.54) is 71.0 Å². The molecular formula is C19H38N4O. The molecular weight excluding hydrogens is 300 g/mol. The molecule has 0 aromatic heterocycles. The van der Waals surface area contributed by atoms with E-state index >= 15 is 0 Å². The van der Waals surface area contributed by atoms with Crippen LogP contribution in [0.1, 0.15) is 51.4 Å². The zero-order chi connectivity index (χ0) is 17.0. The Kier molecular flexibility index (Phi) is 9.51. The average molecular weight is 339 g/mol. The van der Waals surface area contributed by atoms with Crippen molar-refractivity contribution in [3.05, 3.63) is 0 Å². The lowest BCUT2D eigenvalue weighted by Crippen LogP contribution is -2.41. The lowest BCUT2D eigenvalue weighted by Gasteiger charge is -2.26. The molecule has 0 radical (unpaired) electrons. The van der Waals surface area contributed by atoms with Crippen LogP contribution in [0.25, 0.3) is 0 Å². The molecule has 1 heterocycles. The molecule has 1 N–H and O–H groups in total. The summed E-state index contributed by atoms with van der Waals surface area (Å²) in [4.78, 5) is 9.17. The maximum Gasteiger partial charge on any atom is 0.193 e. The molecule has 0 amide bonds. The van der Waals surface area contributed by atoms with Crippen molar-refractivity contribution in [2.45, 2.75) is 51.4 Å². The van der Waals surface area contributed by atoms with Crippen LogP contribution in [0.4, 0.5) is 0 Å². The molecule has 0 bridgehead atoms. The number of hydrogen-bond acceptors (Lipinski definition) is 3. The molecule has 5 heteroatoms. The van der Waals surface area contributed by atoms with Crippen LogP contribution < -0.4 is 5.32 Å². The Balaban J connectivity index is 1.44. The number of rotatable bonds is 11. The summed E-state index contributed by atoms with van der Waals surface area (Å²) in [5.74, 6) is 1.83. The number of piperidine rings is 1. The number of likely N-dealkylation sites (N-methyl/N-ethyl adjacent to an activating group) is 1. The van der Waals surface area contributed by atoms with E-state index in [4.69, 9.17) is 4.74 Å². The fourth-order valence-corrected chi connectivity index (χ4v) is 3.25. The van der Waals surface area contributed by atoms with Crippen LogP contribution in [0.5, 0.6) is 0 Å². The van der Waals surface area contributed by atoms with Gasteiger partial charge >= 0.3 is 0 Å². The Morgan fingerprint density at radius 3 is 2.67 bits per heavy atom. The second kappa shape index (κ2) is 11.7. The number of aliphatic imine (C=N–C) groups is 1. The fraction of sp³-hybridized carbons (Fsp3) is 0.947. The Morgan fingerprint density at radius 2 is 1.96 bits per heavy atom. The number of likely N-dealkylation sites (tertiary alicyclic amines) is 1. The van der Waals surface area contributed by atoms with Gasteiger partial charge in [-0.1, -0.05) is 12.8 Å². The first kappa shape index (κ1) is 19.5. The van der Waals surface area contributed by atoms with Crippen LogP contribution in [0, 0.1) is 5.92 Å². The lowest BCUT2D eigenvalue weighted by molar-refractivity contribution is 0.115. The van der Waals surface area contributed by atoms with Crippen molar-refractivity contribution >= 4 is 5.96 Å². The highest BCUT2D eigenvalue weighted by molar-refractivity contribution is 5.79. The van der Waals surface area contributed by atoms with Crippen molar-refractivity contribution in [3.8, 4) is 0 Å². The number of nitrogens with one attached hydrogen (secondary N) is 1. The van der Waals surface area contributed by atoms with Crippen LogP contribution in [-0.4, -0.2) is 75.8 Å². The number of unbranched alkanes of at least 4 members (excludes halogenated alkanes) is 2. The second-order valence-electron chi connectivity index (χ2n) is 7.38. The zero-order valence-corrected chi connectivity index (χ0v) is 15.9. The van der Waals surface area contributed by atoms with Crippen LogP contribution in [0.15, 0.2) is 4.99 Å². The molecule has 0 aromatic rings. The van der Waals surface area contributed by atoms with Crippen molar-refractivity contribution in [1.29, 1.82) is 0 Å². The summed E-state index contributed by atoms with van der Waals surface area (Å²) in [6.07, 6.45) is 10.8. The highest BCUT2D eigenvalue weighted by atomic mass is 16.5. The molecule has 0 unspecified atom stereocenters. The normalized spacial score (nSPS) is 19.5. The minimum atomic E-state index is 0.795. The largest absolute Gasteiger partial charge is 0.379 e. The van der Waals surface area contributed by atoms with Crippen LogP contribution in [-0.2, 0) is 4.74 Å². The molecule has 1 saturated carbocycles. The summed E-state index contributed by atoms with van der Waals surface area (Å²) in [7, 11) is 3.95. The van der Waals surface area contributed by atoms with Gasteiger partial charge in [-0.3, -0.25) is 4.99 Å². The smallest absolute Gasteiger partial charge is 0.193 e. The summed E-state index contributed by atoms with van der Waals surface area (Å²) in [5, 5.41) is 3.48. The number of ether oxygens (including phenoxy) is 1. The van der Waals surface area contributed by atoms with Crippen LogP contribution in [0.2, 0.25) is 0 Å². The van der Waals surface area contributed by atoms with Gasteiger partial charge in [-0.15, -0.1) is 0 Å². The quantitative estimate of drug-likeness (QED) is 0.357. The van der Waals surface area contributed by atoms with Gasteiger partial charge in [-0.25, -0.2) is 0 Å². The SMILES string of the molecule is CN=C(NCCCCCN1CCCCC1)N(C)CCOCC1CC1. The van der Waals surface area contributed by atoms with Crippen molar-refractivity contribution in [2.24, 2.45) is 10.9 Å². The molecule has 0 aromatic carbocycles. The Labute approximate surface area is 148 Å². The molecule has 2 fully saturated rings. The molecule has 5 nitrogen and oxygen atoms in total. The van der Waals surface area contributed by atoms with Gasteiger partial charge in [-0.05, 0) is 64.1 Å². The monoisotopic (exact) mass is 338 g/mol. The van der Waals surface area contributed by atoms with Crippen molar-refractivity contribution in [1.82, 2.24) is 15.1 Å². The van der Waals surface area contributed by atoms with Crippen molar-refractivity contribution < 1.29 is 4.74 Å². The van der Waals surface area contributed by atoms with Gasteiger partial charge in [0.2, 0.25) is 0 Å². The van der Waals surface area contributed by atoms with Gasteiger partial charge in [0.15, 0.2) is 5.96 Å². The Hall–Kier alpha value is -0.810. The molecule has 2 rings (SSSR count). The van der Waals surface area contributed by atoms with Gasteiger partial charge in [0, 0.05) is 33.8 Å². The zero-order valence-electron chi connectivity index (χ0n) is 15.9. The molecule has 1 aliphatic heterocycles.